The second-order valence-electron chi connectivity index (χ2n) is 6.67. The van der Waals surface area contributed by atoms with E-state index in [0.717, 1.165) is 33.8 Å². The van der Waals surface area contributed by atoms with E-state index in [9.17, 15) is 0 Å². The Morgan fingerprint density at radius 1 is 0.880 bits per heavy atom. The van der Waals surface area contributed by atoms with Gasteiger partial charge >= 0.3 is 0 Å². The Kier molecular flexibility index (Phi) is 6.29. The van der Waals surface area contributed by atoms with Crippen molar-refractivity contribution in [1.29, 1.82) is 0 Å². The molecule has 1 atom stereocenters. The summed E-state index contributed by atoms with van der Waals surface area (Å²) in [7, 11) is 0.909. The van der Waals surface area contributed by atoms with E-state index in [2.05, 4.69) is 80.6 Å². The minimum absolute atomic E-state index is 0.754. The highest BCUT2D eigenvalue weighted by Gasteiger charge is 2.06. The van der Waals surface area contributed by atoms with Crippen LogP contribution in [-0.4, -0.2) is 16.1 Å². The van der Waals surface area contributed by atoms with Gasteiger partial charge in [0.05, 0.1) is 16.1 Å². The molecule has 3 rings (SSSR count). The topological polar surface area (TPSA) is 9.23 Å². The molecule has 1 nitrogen and oxygen atoms in total. The molecule has 0 aliphatic carbocycles. The first-order valence-electron chi connectivity index (χ1n) is 9.17. The summed E-state index contributed by atoms with van der Waals surface area (Å²) in [5.74, 6) is 1.03. The molecule has 0 aliphatic rings. The lowest BCUT2D eigenvalue weighted by atomic mass is 10.0. The van der Waals surface area contributed by atoms with Crippen molar-refractivity contribution in [2.24, 2.45) is 0 Å². The zero-order valence-corrected chi connectivity index (χ0v) is 16.2. The predicted molar refractivity (Wildman–Crippen MR) is 109 cm³/mol. The van der Waals surface area contributed by atoms with E-state index < -0.39 is 0 Å². The van der Waals surface area contributed by atoms with Crippen molar-refractivity contribution in [3.05, 3.63) is 72.3 Å². The van der Waals surface area contributed by atoms with Crippen LogP contribution in [-0.2, 0) is 0 Å². The van der Waals surface area contributed by atoms with Crippen LogP contribution >= 0.6 is 0 Å². The molecule has 0 amide bonds. The van der Waals surface area contributed by atoms with Crippen LogP contribution in [0.4, 0.5) is 0 Å². The SMILES string of the molecule is Cc1c(OCCCCC(C)[Si]c2ccccc2)ccc2ccccc12. The van der Waals surface area contributed by atoms with Crippen LogP contribution in [0.3, 0.4) is 0 Å². The van der Waals surface area contributed by atoms with Gasteiger partial charge in [-0.05, 0) is 41.3 Å². The molecule has 25 heavy (non-hydrogen) atoms. The Morgan fingerprint density at radius 2 is 1.64 bits per heavy atom. The van der Waals surface area contributed by atoms with E-state index in [1.807, 2.05) is 0 Å². The zero-order valence-electron chi connectivity index (χ0n) is 15.2. The number of benzene rings is 3. The Balaban J connectivity index is 1.42. The molecule has 2 radical (unpaired) electrons. The highest BCUT2D eigenvalue weighted by molar-refractivity contribution is 6.54. The van der Waals surface area contributed by atoms with Gasteiger partial charge in [0.25, 0.3) is 0 Å². The highest BCUT2D eigenvalue weighted by Crippen LogP contribution is 2.27. The maximum Gasteiger partial charge on any atom is 0.122 e. The maximum absolute atomic E-state index is 6.05. The molecule has 1 unspecified atom stereocenters. The summed E-state index contributed by atoms with van der Waals surface area (Å²) in [4.78, 5) is 0. The first-order valence-corrected chi connectivity index (χ1v) is 10.2. The van der Waals surface area contributed by atoms with E-state index in [0.29, 0.717) is 0 Å². The first kappa shape index (κ1) is 17.8. The highest BCUT2D eigenvalue weighted by atomic mass is 28.2. The molecule has 3 aromatic rings. The lowest BCUT2D eigenvalue weighted by molar-refractivity contribution is 0.303. The maximum atomic E-state index is 6.05. The molecular weight excluding hydrogens is 320 g/mol. The van der Waals surface area contributed by atoms with E-state index >= 15 is 0 Å². The Hall–Kier alpha value is -2.06. The first-order chi connectivity index (χ1) is 12.2. The largest absolute Gasteiger partial charge is 0.493 e. The van der Waals surface area contributed by atoms with Crippen molar-refractivity contribution in [2.45, 2.75) is 38.7 Å². The molecule has 0 bridgehead atoms. The molecule has 0 heterocycles. The molecule has 128 valence electrons. The third kappa shape index (κ3) is 4.96. The number of hydrogen-bond acceptors (Lipinski definition) is 1. The van der Waals surface area contributed by atoms with E-state index in [4.69, 9.17) is 4.74 Å². The van der Waals surface area contributed by atoms with Crippen molar-refractivity contribution in [1.82, 2.24) is 0 Å². The predicted octanol–water partition coefficient (Wildman–Crippen LogP) is 5.54. The van der Waals surface area contributed by atoms with E-state index in [-0.39, 0.29) is 0 Å². The molecule has 0 saturated heterocycles. The van der Waals surface area contributed by atoms with Gasteiger partial charge in [0.2, 0.25) is 0 Å². The lowest BCUT2D eigenvalue weighted by Crippen LogP contribution is -2.17. The summed E-state index contributed by atoms with van der Waals surface area (Å²) < 4.78 is 6.05. The van der Waals surface area contributed by atoms with Crippen LogP contribution in [0.15, 0.2) is 66.7 Å². The quantitative estimate of drug-likeness (QED) is 0.384. The summed E-state index contributed by atoms with van der Waals surface area (Å²) in [5.41, 5.74) is 2.00. The van der Waals surface area contributed by atoms with Gasteiger partial charge in [-0.25, -0.2) is 0 Å². The average molecular weight is 347 g/mol. The summed E-state index contributed by atoms with van der Waals surface area (Å²) in [6.45, 7) is 5.32. The van der Waals surface area contributed by atoms with Gasteiger partial charge < -0.3 is 4.74 Å². The summed E-state index contributed by atoms with van der Waals surface area (Å²) >= 11 is 0. The molecule has 0 fully saturated rings. The van der Waals surface area contributed by atoms with Gasteiger partial charge in [0.15, 0.2) is 0 Å². The van der Waals surface area contributed by atoms with Gasteiger partial charge in [0.1, 0.15) is 5.75 Å². The number of ether oxygens (including phenoxy) is 1. The number of aryl methyl sites for hydroxylation is 1. The van der Waals surface area contributed by atoms with Crippen LogP contribution < -0.4 is 9.92 Å². The smallest absolute Gasteiger partial charge is 0.122 e. The minimum atomic E-state index is 0.754. The van der Waals surface area contributed by atoms with Gasteiger partial charge in [-0.2, -0.15) is 0 Å². The second kappa shape index (κ2) is 8.86. The monoisotopic (exact) mass is 346 g/mol. The van der Waals surface area contributed by atoms with Crippen LogP contribution in [0.1, 0.15) is 31.7 Å². The standard InChI is InChI=1S/C23H26OSi/c1-18(25-21-12-4-3-5-13-21)10-8-9-17-24-23-16-15-20-11-6-7-14-22(20)19(23)2/h3-7,11-16,18H,8-10,17H2,1-2H3. The Morgan fingerprint density at radius 3 is 2.48 bits per heavy atom. The molecule has 0 saturated carbocycles. The lowest BCUT2D eigenvalue weighted by Gasteiger charge is -2.13. The number of hydrogen-bond donors (Lipinski definition) is 0. The van der Waals surface area contributed by atoms with Crippen LogP contribution in [0.25, 0.3) is 10.8 Å². The van der Waals surface area contributed by atoms with Crippen LogP contribution in [0.2, 0.25) is 5.54 Å². The Bertz CT molecular complexity index is 798. The normalized spacial score (nSPS) is 12.2. The fourth-order valence-corrected chi connectivity index (χ4v) is 4.49. The summed E-state index contributed by atoms with van der Waals surface area (Å²) in [6, 6.07) is 23.6. The van der Waals surface area contributed by atoms with Gasteiger partial charge in [-0.1, -0.05) is 85.6 Å². The minimum Gasteiger partial charge on any atom is -0.493 e. The molecule has 0 aliphatic heterocycles. The Labute approximate surface area is 153 Å². The van der Waals surface area contributed by atoms with Crippen molar-refractivity contribution in [2.75, 3.05) is 6.61 Å². The fourth-order valence-electron chi connectivity index (χ4n) is 3.19. The molecule has 0 spiro atoms. The summed E-state index contributed by atoms with van der Waals surface area (Å²) in [5, 5.41) is 4.04. The van der Waals surface area contributed by atoms with Crippen LogP contribution in [0, 0.1) is 6.92 Å². The molecular formula is C23H26OSi. The number of fused-ring (bicyclic) bond motifs is 1. The molecule has 3 aromatic carbocycles. The van der Waals surface area contributed by atoms with Crippen molar-refractivity contribution in [3.63, 3.8) is 0 Å². The number of rotatable bonds is 8. The van der Waals surface area contributed by atoms with Gasteiger partial charge in [0, 0.05) is 0 Å². The number of unbranched alkanes of at least 4 members (excludes halogenated alkanes) is 1. The second-order valence-corrected chi connectivity index (χ2v) is 8.52. The van der Waals surface area contributed by atoms with Gasteiger partial charge in [-0.15, -0.1) is 0 Å². The molecule has 0 N–H and O–H groups in total. The van der Waals surface area contributed by atoms with E-state index in [1.165, 1.54) is 34.4 Å². The van der Waals surface area contributed by atoms with E-state index in [1.54, 1.807) is 0 Å². The molecule has 0 aromatic heterocycles. The van der Waals surface area contributed by atoms with Crippen LogP contribution in [0.5, 0.6) is 5.75 Å². The summed E-state index contributed by atoms with van der Waals surface area (Å²) in [6.07, 6.45) is 3.62. The zero-order chi connectivity index (χ0) is 17.5. The average Bonchev–Trinajstić information content (AvgIpc) is 2.64. The third-order valence-corrected chi connectivity index (χ3v) is 6.07. The van der Waals surface area contributed by atoms with Gasteiger partial charge in [-0.3, -0.25) is 0 Å². The van der Waals surface area contributed by atoms with Crippen molar-refractivity contribution in [3.8, 4) is 5.75 Å². The van der Waals surface area contributed by atoms with Crippen molar-refractivity contribution >= 4 is 25.5 Å². The third-order valence-electron chi connectivity index (χ3n) is 4.62. The van der Waals surface area contributed by atoms with Crippen molar-refractivity contribution < 1.29 is 4.74 Å². The molecule has 2 heteroatoms. The fraction of sp³-hybridized carbons (Fsp3) is 0.304.